The van der Waals surface area contributed by atoms with Gasteiger partial charge in [0.2, 0.25) is 11.8 Å². The van der Waals surface area contributed by atoms with Gasteiger partial charge in [-0.2, -0.15) is 0 Å². The van der Waals surface area contributed by atoms with E-state index in [9.17, 15) is 19.2 Å². The largest absolute Gasteiger partial charge is 0.402 e. The number of nitrogens with zero attached hydrogens (tertiary/aromatic N) is 2. The first-order valence-corrected chi connectivity index (χ1v) is 18.1. The maximum absolute atomic E-state index is 13.0. The van der Waals surface area contributed by atoms with Gasteiger partial charge in [-0.1, -0.05) is 66.2 Å². The van der Waals surface area contributed by atoms with Crippen molar-refractivity contribution in [2.24, 2.45) is 11.8 Å². The molecule has 2 unspecified atom stereocenters. The van der Waals surface area contributed by atoms with Crippen molar-refractivity contribution >= 4 is 45.0 Å². The van der Waals surface area contributed by atoms with E-state index >= 15 is 0 Å². The smallest absolute Gasteiger partial charge is 0.347 e. The van der Waals surface area contributed by atoms with Crippen LogP contribution in [0.5, 0.6) is 0 Å². The molecule has 0 fully saturated rings. The van der Waals surface area contributed by atoms with Crippen molar-refractivity contribution in [3.05, 3.63) is 80.5 Å². The molecule has 11 heteroatoms. The van der Waals surface area contributed by atoms with Crippen LogP contribution in [0.25, 0.3) is 43.3 Å². The molecule has 2 N–H and O–H groups in total. The molecular formula is C38H44N4O6S. The molecule has 49 heavy (non-hydrogen) atoms. The first-order chi connectivity index (χ1) is 23.7. The summed E-state index contributed by atoms with van der Waals surface area (Å²) in [6, 6.07) is 13.0. The molecular weight excluding hydrogens is 641 g/mol. The lowest BCUT2D eigenvalue weighted by Gasteiger charge is -2.15. The zero-order chi connectivity index (χ0) is 34.9. The molecule has 0 aliphatic rings. The zero-order valence-corrected chi connectivity index (χ0v) is 29.4. The van der Waals surface area contributed by atoms with Crippen molar-refractivity contribution in [1.82, 2.24) is 20.6 Å². The lowest BCUT2D eigenvalue weighted by molar-refractivity contribution is 0.0938. The van der Waals surface area contributed by atoms with Crippen LogP contribution in [0.4, 0.5) is 0 Å². The molecule has 0 saturated carbocycles. The number of carbonyl (C=O) groups is 2. The molecule has 5 rings (SSSR count). The van der Waals surface area contributed by atoms with Gasteiger partial charge in [-0.3, -0.25) is 9.59 Å². The molecule has 10 nitrogen and oxygen atoms in total. The van der Waals surface area contributed by atoms with Gasteiger partial charge in [0.25, 0.3) is 11.8 Å². The van der Waals surface area contributed by atoms with Crippen LogP contribution in [-0.2, 0) is 0 Å². The highest BCUT2D eigenvalue weighted by atomic mass is 32.1. The Bertz CT molecular complexity index is 1900. The number of aromatic nitrogens is 2. The van der Waals surface area contributed by atoms with E-state index in [1.807, 2.05) is 0 Å². The van der Waals surface area contributed by atoms with E-state index in [1.165, 1.54) is 23.5 Å². The number of benzene rings is 2. The first-order valence-electron chi connectivity index (χ1n) is 17.3. The van der Waals surface area contributed by atoms with Gasteiger partial charge in [0.05, 0.1) is 31.6 Å². The van der Waals surface area contributed by atoms with E-state index < -0.39 is 11.3 Å². The number of amides is 2. The second kappa shape index (κ2) is 16.6. The summed E-state index contributed by atoms with van der Waals surface area (Å²) in [4.78, 5) is 61.9. The van der Waals surface area contributed by atoms with Crippen LogP contribution in [-0.4, -0.2) is 34.9 Å². The van der Waals surface area contributed by atoms with Gasteiger partial charge >= 0.3 is 11.3 Å². The number of nitrogens with one attached hydrogen (secondary N) is 2. The summed E-state index contributed by atoms with van der Waals surface area (Å²) in [5.74, 6) is 0.552. The minimum atomic E-state index is -0.611. The molecule has 3 aromatic heterocycles. The van der Waals surface area contributed by atoms with Crippen LogP contribution in [0, 0.1) is 11.8 Å². The number of carbonyl (C=O) groups excluding carboxylic acids is 2. The number of rotatable bonds is 16. The average Bonchev–Trinajstić information content (AvgIpc) is 3.62. The van der Waals surface area contributed by atoms with E-state index in [0.717, 1.165) is 51.4 Å². The van der Waals surface area contributed by atoms with Crippen LogP contribution in [0.3, 0.4) is 0 Å². The summed E-state index contributed by atoms with van der Waals surface area (Å²) in [6.45, 7) is 9.72. The summed E-state index contributed by atoms with van der Waals surface area (Å²) < 4.78 is 11.1. The summed E-state index contributed by atoms with van der Waals surface area (Å²) in [7, 11) is 0. The molecule has 2 aromatic carbocycles. The Kier molecular flexibility index (Phi) is 12.1. The third kappa shape index (κ3) is 8.70. The highest BCUT2D eigenvalue weighted by molar-refractivity contribution is 7.18. The van der Waals surface area contributed by atoms with E-state index in [0.29, 0.717) is 56.8 Å². The number of hydrogen-bond donors (Lipinski definition) is 2. The van der Waals surface area contributed by atoms with E-state index in [4.69, 9.17) is 8.83 Å². The molecule has 0 aliphatic carbocycles. The van der Waals surface area contributed by atoms with Crippen LogP contribution in [0.2, 0.25) is 0 Å². The van der Waals surface area contributed by atoms with Crippen LogP contribution in [0.15, 0.2) is 67.0 Å². The Labute approximate surface area is 289 Å². The molecule has 3 heterocycles. The predicted molar refractivity (Wildman–Crippen MR) is 194 cm³/mol. The lowest BCUT2D eigenvalue weighted by Crippen LogP contribution is -2.29. The fraction of sp³-hybridized carbons (Fsp3) is 0.421. The fourth-order valence-corrected chi connectivity index (χ4v) is 6.63. The first kappa shape index (κ1) is 35.7. The van der Waals surface area contributed by atoms with Crippen LogP contribution in [0.1, 0.15) is 99.8 Å². The summed E-state index contributed by atoms with van der Waals surface area (Å²) in [6.07, 6.45) is 8.59. The SMILES string of the molecule is CCCCC(CC)CNC(=O)c1ccc2nc(-c3ccc(-c4nc5ccc(C(=O)NCC(CC)CCCC)cc5c(=O)o4)s3)oc(=O)c2c1. The summed E-state index contributed by atoms with van der Waals surface area (Å²) in [5, 5.41) is 6.41. The van der Waals surface area contributed by atoms with Gasteiger partial charge in [-0.25, -0.2) is 19.6 Å². The van der Waals surface area contributed by atoms with Gasteiger partial charge < -0.3 is 19.5 Å². The van der Waals surface area contributed by atoms with E-state index in [2.05, 4.69) is 48.3 Å². The van der Waals surface area contributed by atoms with Crippen molar-refractivity contribution in [3.8, 4) is 21.5 Å². The van der Waals surface area contributed by atoms with Crippen LogP contribution < -0.4 is 21.9 Å². The minimum absolute atomic E-state index is 0.103. The minimum Gasteiger partial charge on any atom is -0.402 e. The highest BCUT2D eigenvalue weighted by Crippen LogP contribution is 2.33. The Morgan fingerprint density at radius 2 is 1.10 bits per heavy atom. The maximum Gasteiger partial charge on any atom is 0.347 e. The molecule has 0 radical (unpaired) electrons. The molecule has 5 aromatic rings. The average molecular weight is 685 g/mol. The maximum atomic E-state index is 13.0. The van der Waals surface area contributed by atoms with Crippen molar-refractivity contribution in [1.29, 1.82) is 0 Å². The lowest BCUT2D eigenvalue weighted by atomic mass is 9.99. The fourth-order valence-electron chi connectivity index (χ4n) is 5.77. The number of fused-ring (bicyclic) bond motifs is 2. The Hall–Kier alpha value is -4.64. The normalized spacial score (nSPS) is 12.7. The second-order valence-corrected chi connectivity index (χ2v) is 13.6. The van der Waals surface area contributed by atoms with Gasteiger partial charge in [0.15, 0.2) is 0 Å². The van der Waals surface area contributed by atoms with Crippen molar-refractivity contribution in [3.63, 3.8) is 0 Å². The number of hydrogen-bond acceptors (Lipinski definition) is 9. The van der Waals surface area contributed by atoms with E-state index in [-0.39, 0.29) is 34.4 Å². The number of unbranched alkanes of at least 4 members (excludes halogenated alkanes) is 2. The standard InChI is InChI=1S/C38H44N4O6S/c1-5-9-11-23(7-3)21-39-33(43)25-13-15-29-27(19-25)37(45)47-35(41-29)31-17-18-32(49-31)36-42-30-16-14-26(20-28(30)38(46)48-36)34(44)40-22-24(8-4)12-10-6-2/h13-20,23-24H,5-12,21-22H2,1-4H3,(H,39,43)(H,40,44). The summed E-state index contributed by atoms with van der Waals surface area (Å²) in [5.41, 5.74) is 0.314. The Morgan fingerprint density at radius 3 is 1.49 bits per heavy atom. The summed E-state index contributed by atoms with van der Waals surface area (Å²) >= 11 is 1.20. The molecule has 0 bridgehead atoms. The second-order valence-electron chi connectivity index (χ2n) is 12.5. The predicted octanol–water partition coefficient (Wildman–Crippen LogP) is 7.98. The molecule has 0 spiro atoms. The highest BCUT2D eigenvalue weighted by Gasteiger charge is 2.18. The third-order valence-corrected chi connectivity index (χ3v) is 10.1. The third-order valence-electron chi connectivity index (χ3n) is 9.00. The number of thiophene rings is 1. The van der Waals surface area contributed by atoms with Gasteiger partial charge in [0, 0.05) is 24.2 Å². The van der Waals surface area contributed by atoms with Gasteiger partial charge in [0.1, 0.15) is 0 Å². The molecule has 2 amide bonds. The molecule has 258 valence electrons. The Morgan fingerprint density at radius 1 is 0.673 bits per heavy atom. The Balaban J connectivity index is 1.31. The molecule has 2 atom stereocenters. The molecule has 0 aliphatic heterocycles. The van der Waals surface area contributed by atoms with Gasteiger partial charge in [-0.15, -0.1) is 11.3 Å². The monoisotopic (exact) mass is 684 g/mol. The van der Waals surface area contributed by atoms with Crippen LogP contribution >= 0.6 is 11.3 Å². The zero-order valence-electron chi connectivity index (χ0n) is 28.6. The van der Waals surface area contributed by atoms with E-state index in [1.54, 1.807) is 36.4 Å². The molecule has 0 saturated heterocycles. The van der Waals surface area contributed by atoms with Crippen molar-refractivity contribution in [2.45, 2.75) is 79.1 Å². The van der Waals surface area contributed by atoms with Crippen molar-refractivity contribution < 1.29 is 18.4 Å². The topological polar surface area (TPSA) is 144 Å². The van der Waals surface area contributed by atoms with Crippen molar-refractivity contribution in [2.75, 3.05) is 13.1 Å². The van der Waals surface area contributed by atoms with Gasteiger partial charge in [-0.05, 0) is 73.2 Å². The quantitative estimate of drug-likeness (QED) is 0.106.